The molecule has 4 nitrogen and oxygen atoms in total. The van der Waals surface area contributed by atoms with E-state index in [1.54, 1.807) is 25.1 Å². The third-order valence-electron chi connectivity index (χ3n) is 3.06. The zero-order valence-corrected chi connectivity index (χ0v) is 12.8. The van der Waals surface area contributed by atoms with Gasteiger partial charge in [-0.2, -0.15) is 0 Å². The molecule has 0 radical (unpaired) electrons. The second kappa shape index (κ2) is 9.47. The van der Waals surface area contributed by atoms with Crippen LogP contribution < -0.4 is 0 Å². The second-order valence-corrected chi connectivity index (χ2v) is 4.81. The number of benzene rings is 1. The molecule has 0 aliphatic heterocycles. The molecule has 0 fully saturated rings. The van der Waals surface area contributed by atoms with Gasteiger partial charge in [0.05, 0.1) is 0 Å². The molecule has 0 saturated heterocycles. The lowest BCUT2D eigenvalue weighted by molar-refractivity contribution is -0.164. The Kier molecular flexibility index (Phi) is 7.93. The van der Waals surface area contributed by atoms with E-state index in [9.17, 15) is 9.18 Å². The average molecular weight is 298 g/mol. The van der Waals surface area contributed by atoms with E-state index in [-0.39, 0.29) is 12.8 Å². The number of rotatable bonds is 9. The number of ether oxygens (including phenoxy) is 3. The van der Waals surface area contributed by atoms with Crippen molar-refractivity contribution in [3.8, 4) is 0 Å². The Bertz CT molecular complexity index is 436. The van der Waals surface area contributed by atoms with Crippen LogP contribution >= 0.6 is 0 Å². The number of hydrogen-bond donors (Lipinski definition) is 0. The van der Waals surface area contributed by atoms with Gasteiger partial charge in [0, 0.05) is 19.1 Å². The number of carbonyl (C=O) groups excluding carboxylic acids is 1. The molecule has 0 bridgehead atoms. The summed E-state index contributed by atoms with van der Waals surface area (Å²) in [6.45, 7) is 3.69. The van der Waals surface area contributed by atoms with Gasteiger partial charge >= 0.3 is 5.97 Å². The van der Waals surface area contributed by atoms with Crippen molar-refractivity contribution < 1.29 is 23.4 Å². The van der Waals surface area contributed by atoms with Crippen LogP contribution in [0.3, 0.4) is 0 Å². The zero-order valence-electron chi connectivity index (χ0n) is 12.8. The molecule has 0 spiro atoms. The quantitative estimate of drug-likeness (QED) is 0.516. The number of halogens is 1. The van der Waals surface area contributed by atoms with Crippen LogP contribution in [-0.4, -0.2) is 26.0 Å². The van der Waals surface area contributed by atoms with Gasteiger partial charge in [-0.15, -0.1) is 0 Å². The summed E-state index contributed by atoms with van der Waals surface area (Å²) in [7, 11) is 1.48. The standard InChI is InChI=1S/C16H23FO4/c1-4-5-10-15(18)21-12(2)16(20-11-19-3)13-8-6-7-9-14(13)17/h6-9,12,16H,4-5,10-11H2,1-3H3/t12-,16+/m0/s1. The summed E-state index contributed by atoms with van der Waals surface area (Å²) in [5.74, 6) is -0.693. The van der Waals surface area contributed by atoms with E-state index in [4.69, 9.17) is 14.2 Å². The first kappa shape index (κ1) is 17.6. The highest BCUT2D eigenvalue weighted by atomic mass is 19.1. The fourth-order valence-corrected chi connectivity index (χ4v) is 1.97. The highest BCUT2D eigenvalue weighted by Gasteiger charge is 2.26. The molecule has 0 N–H and O–H groups in total. The van der Waals surface area contributed by atoms with Crippen molar-refractivity contribution in [2.75, 3.05) is 13.9 Å². The van der Waals surface area contributed by atoms with E-state index >= 15 is 0 Å². The topological polar surface area (TPSA) is 44.8 Å². The molecule has 0 aromatic heterocycles. The van der Waals surface area contributed by atoms with Crippen LogP contribution in [-0.2, 0) is 19.0 Å². The van der Waals surface area contributed by atoms with Crippen molar-refractivity contribution in [3.63, 3.8) is 0 Å². The van der Waals surface area contributed by atoms with Crippen LogP contribution in [0.2, 0.25) is 0 Å². The lowest BCUT2D eigenvalue weighted by Gasteiger charge is -2.25. The van der Waals surface area contributed by atoms with E-state index in [1.165, 1.54) is 13.2 Å². The fourth-order valence-electron chi connectivity index (χ4n) is 1.97. The van der Waals surface area contributed by atoms with Gasteiger partial charge in [-0.3, -0.25) is 4.79 Å². The number of methoxy groups -OCH3 is 1. The third kappa shape index (κ3) is 5.81. The Morgan fingerprint density at radius 1 is 1.33 bits per heavy atom. The predicted octanol–water partition coefficient (Wildman–Crippen LogP) is 3.61. The third-order valence-corrected chi connectivity index (χ3v) is 3.06. The van der Waals surface area contributed by atoms with E-state index in [1.807, 2.05) is 6.92 Å². The van der Waals surface area contributed by atoms with Gasteiger partial charge in [0.25, 0.3) is 0 Å². The van der Waals surface area contributed by atoms with E-state index in [0.29, 0.717) is 12.0 Å². The Morgan fingerprint density at radius 2 is 2.05 bits per heavy atom. The predicted molar refractivity (Wildman–Crippen MR) is 77.2 cm³/mol. The van der Waals surface area contributed by atoms with Crippen LogP contribution in [0.1, 0.15) is 44.8 Å². The molecule has 0 aliphatic rings. The Hall–Kier alpha value is -1.46. The largest absolute Gasteiger partial charge is 0.460 e. The van der Waals surface area contributed by atoms with Crippen molar-refractivity contribution in [1.82, 2.24) is 0 Å². The van der Waals surface area contributed by atoms with Crippen LogP contribution in [0, 0.1) is 5.82 Å². The first-order valence-corrected chi connectivity index (χ1v) is 7.14. The van der Waals surface area contributed by atoms with Gasteiger partial charge < -0.3 is 14.2 Å². The monoisotopic (exact) mass is 298 g/mol. The first-order valence-electron chi connectivity index (χ1n) is 7.14. The van der Waals surface area contributed by atoms with Gasteiger partial charge in [-0.05, 0) is 19.4 Å². The fraction of sp³-hybridized carbons (Fsp3) is 0.562. The molecular formula is C16H23FO4. The van der Waals surface area contributed by atoms with E-state index in [2.05, 4.69) is 0 Å². The molecule has 0 unspecified atom stereocenters. The summed E-state index contributed by atoms with van der Waals surface area (Å²) in [6, 6.07) is 6.29. The molecule has 0 amide bonds. The SMILES string of the molecule is CCCCC(=O)O[C@@H](C)[C@@H](OCOC)c1ccccc1F. The molecule has 0 aliphatic carbocycles. The van der Waals surface area contributed by atoms with E-state index < -0.39 is 18.0 Å². The summed E-state index contributed by atoms with van der Waals surface area (Å²) < 4.78 is 29.6. The maximum Gasteiger partial charge on any atom is 0.306 e. The van der Waals surface area contributed by atoms with Crippen molar-refractivity contribution in [1.29, 1.82) is 0 Å². The molecule has 21 heavy (non-hydrogen) atoms. The highest BCUT2D eigenvalue weighted by molar-refractivity contribution is 5.69. The summed E-state index contributed by atoms with van der Waals surface area (Å²) in [5.41, 5.74) is 0.352. The lowest BCUT2D eigenvalue weighted by Crippen LogP contribution is -2.26. The minimum Gasteiger partial charge on any atom is -0.460 e. The number of esters is 1. The molecule has 118 valence electrons. The molecule has 1 aromatic carbocycles. The Labute approximate surface area is 125 Å². The molecule has 0 saturated carbocycles. The normalized spacial score (nSPS) is 13.7. The molecule has 2 atom stereocenters. The summed E-state index contributed by atoms with van der Waals surface area (Å²) in [4.78, 5) is 11.7. The van der Waals surface area contributed by atoms with Crippen molar-refractivity contribution in [2.45, 2.75) is 45.3 Å². The van der Waals surface area contributed by atoms with Crippen LogP contribution in [0.5, 0.6) is 0 Å². The Morgan fingerprint density at radius 3 is 2.67 bits per heavy atom. The van der Waals surface area contributed by atoms with E-state index in [0.717, 1.165) is 12.8 Å². The molecule has 1 rings (SSSR count). The van der Waals surface area contributed by atoms with Crippen molar-refractivity contribution in [2.24, 2.45) is 0 Å². The van der Waals surface area contributed by atoms with Crippen molar-refractivity contribution in [3.05, 3.63) is 35.6 Å². The number of unbranched alkanes of at least 4 members (excludes halogenated alkanes) is 1. The summed E-state index contributed by atoms with van der Waals surface area (Å²) in [6.07, 6.45) is 0.753. The lowest BCUT2D eigenvalue weighted by atomic mass is 10.0. The first-order chi connectivity index (χ1) is 10.1. The van der Waals surface area contributed by atoms with Gasteiger partial charge in [0.1, 0.15) is 24.8 Å². The second-order valence-electron chi connectivity index (χ2n) is 4.81. The number of carbonyl (C=O) groups is 1. The van der Waals surface area contributed by atoms with Gasteiger partial charge in [-0.1, -0.05) is 31.5 Å². The smallest absolute Gasteiger partial charge is 0.306 e. The number of hydrogen-bond acceptors (Lipinski definition) is 4. The minimum atomic E-state index is -0.697. The minimum absolute atomic E-state index is 0.00412. The van der Waals surface area contributed by atoms with Crippen LogP contribution in [0.25, 0.3) is 0 Å². The van der Waals surface area contributed by atoms with Gasteiger partial charge in [-0.25, -0.2) is 4.39 Å². The maximum absolute atomic E-state index is 13.9. The zero-order chi connectivity index (χ0) is 15.7. The maximum atomic E-state index is 13.9. The average Bonchev–Trinajstić information content (AvgIpc) is 2.47. The Balaban J connectivity index is 2.77. The van der Waals surface area contributed by atoms with Crippen molar-refractivity contribution >= 4 is 5.97 Å². The van der Waals surface area contributed by atoms with Crippen LogP contribution in [0.4, 0.5) is 4.39 Å². The molecule has 1 aromatic rings. The molecule has 0 heterocycles. The summed E-state index contributed by atoms with van der Waals surface area (Å²) >= 11 is 0. The van der Waals surface area contributed by atoms with Gasteiger partial charge in [0.2, 0.25) is 0 Å². The van der Waals surface area contributed by atoms with Gasteiger partial charge in [0.15, 0.2) is 0 Å². The summed E-state index contributed by atoms with van der Waals surface area (Å²) in [5, 5.41) is 0. The molecule has 5 heteroatoms. The van der Waals surface area contributed by atoms with Crippen LogP contribution in [0.15, 0.2) is 24.3 Å². The highest BCUT2D eigenvalue weighted by Crippen LogP contribution is 2.26. The molecular weight excluding hydrogens is 275 g/mol.